The molecule has 0 saturated carbocycles. The lowest BCUT2D eigenvalue weighted by molar-refractivity contribution is -0.128. The number of hydrogen-bond donors (Lipinski definition) is 2. The predicted octanol–water partition coefficient (Wildman–Crippen LogP) is 3.45. The Labute approximate surface area is 181 Å². The van der Waals surface area contributed by atoms with Crippen molar-refractivity contribution >= 4 is 56.2 Å². The van der Waals surface area contributed by atoms with Gasteiger partial charge in [0.1, 0.15) is 5.82 Å². The molecule has 0 unspecified atom stereocenters. The number of carbonyl (C=O) groups is 2. The van der Waals surface area contributed by atoms with Gasteiger partial charge in [-0.1, -0.05) is 36.0 Å². The molecule has 4 aromatic rings. The van der Waals surface area contributed by atoms with E-state index in [1.165, 1.54) is 4.70 Å². The van der Waals surface area contributed by atoms with Crippen LogP contribution in [0.25, 0.3) is 21.3 Å². The lowest BCUT2D eigenvalue weighted by atomic mass is 10.3. The molecule has 154 valence electrons. The van der Waals surface area contributed by atoms with E-state index in [1.807, 2.05) is 54.1 Å². The summed E-state index contributed by atoms with van der Waals surface area (Å²) in [4.78, 5) is 33.2. The van der Waals surface area contributed by atoms with Crippen LogP contribution >= 0.6 is 23.1 Å². The maximum absolute atomic E-state index is 12.2. The Kier molecular flexibility index (Phi) is 6.29. The number of aryl methyl sites for hydroxylation is 1. The Hall–Kier alpha value is -2.91. The maximum Gasteiger partial charge on any atom is 0.245 e. The molecule has 0 saturated heterocycles. The zero-order valence-corrected chi connectivity index (χ0v) is 18.1. The highest BCUT2D eigenvalue weighted by Gasteiger charge is 2.12. The summed E-state index contributed by atoms with van der Waals surface area (Å²) in [5.74, 6) is 0.931. The van der Waals surface area contributed by atoms with Crippen molar-refractivity contribution in [2.45, 2.75) is 23.6 Å². The fraction of sp³-hybridized carbons (Fsp3) is 0.238. The molecular weight excluding hydrogens is 418 g/mol. The molecule has 30 heavy (non-hydrogen) atoms. The predicted molar refractivity (Wildman–Crippen MR) is 120 cm³/mol. The molecule has 2 aromatic carbocycles. The Morgan fingerprint density at radius 2 is 1.73 bits per heavy atom. The van der Waals surface area contributed by atoms with Gasteiger partial charge in [-0.2, -0.15) is 0 Å². The molecule has 0 aliphatic heterocycles. The molecule has 0 radical (unpaired) electrons. The number of fused-ring (bicyclic) bond motifs is 2. The number of hydrogen-bond acceptors (Lipinski definition) is 6. The van der Waals surface area contributed by atoms with Gasteiger partial charge in [0.25, 0.3) is 0 Å². The number of thioether (sulfide) groups is 1. The Morgan fingerprint density at radius 3 is 2.53 bits per heavy atom. The highest BCUT2D eigenvalue weighted by atomic mass is 32.2. The number of nitrogens with zero attached hydrogens (tertiary/aromatic N) is 3. The number of amides is 2. The molecule has 2 N–H and O–H groups in total. The number of imidazole rings is 1. The normalized spacial score (nSPS) is 11.1. The van der Waals surface area contributed by atoms with Crippen molar-refractivity contribution in [3.05, 3.63) is 54.4 Å². The third-order valence-electron chi connectivity index (χ3n) is 4.59. The van der Waals surface area contributed by atoms with Gasteiger partial charge in [-0.25, -0.2) is 9.97 Å². The molecule has 9 heteroatoms. The van der Waals surface area contributed by atoms with Crippen LogP contribution in [0.4, 0.5) is 0 Å². The highest BCUT2D eigenvalue weighted by molar-refractivity contribution is 8.01. The van der Waals surface area contributed by atoms with E-state index >= 15 is 0 Å². The van der Waals surface area contributed by atoms with Crippen molar-refractivity contribution in [2.75, 3.05) is 5.75 Å². The topological polar surface area (TPSA) is 88.9 Å². The molecule has 2 aromatic heterocycles. The van der Waals surface area contributed by atoms with Gasteiger partial charge in [0.05, 0.1) is 27.7 Å². The number of hydrazine groups is 1. The monoisotopic (exact) mass is 439 g/mol. The third kappa shape index (κ3) is 4.80. The summed E-state index contributed by atoms with van der Waals surface area (Å²) < 4.78 is 4.06. The average molecular weight is 440 g/mol. The number of benzene rings is 2. The molecule has 7 nitrogen and oxygen atoms in total. The van der Waals surface area contributed by atoms with Crippen molar-refractivity contribution in [1.29, 1.82) is 0 Å². The standard InChI is InChI=1S/C21H21N5O2S2/c1-26-16-9-4-2-7-14(16)22-18(26)13-20(28)25-24-19(27)11-6-12-29-21-23-15-8-3-5-10-17(15)30-21/h2-5,7-10H,6,11-13H2,1H3,(H,24,27)(H,25,28). The molecule has 0 aliphatic carbocycles. The third-order valence-corrected chi connectivity index (χ3v) is 6.85. The van der Waals surface area contributed by atoms with Crippen molar-refractivity contribution in [3.8, 4) is 0 Å². The number of para-hydroxylation sites is 3. The van der Waals surface area contributed by atoms with E-state index in [0.717, 1.165) is 26.6 Å². The van der Waals surface area contributed by atoms with Crippen LogP contribution in [-0.4, -0.2) is 32.1 Å². The summed E-state index contributed by atoms with van der Waals surface area (Å²) in [5.41, 5.74) is 7.77. The molecular formula is C21H21N5O2S2. The van der Waals surface area contributed by atoms with Crippen molar-refractivity contribution in [3.63, 3.8) is 0 Å². The summed E-state index contributed by atoms with van der Waals surface area (Å²) in [6.07, 6.45) is 1.14. The fourth-order valence-electron chi connectivity index (χ4n) is 3.05. The molecule has 2 heterocycles. The summed E-state index contributed by atoms with van der Waals surface area (Å²) in [6, 6.07) is 15.7. The first kappa shape index (κ1) is 20.4. The Balaban J connectivity index is 1.18. The van der Waals surface area contributed by atoms with Crippen LogP contribution in [0.15, 0.2) is 52.9 Å². The summed E-state index contributed by atoms with van der Waals surface area (Å²) >= 11 is 3.31. The van der Waals surface area contributed by atoms with Gasteiger partial charge in [0.2, 0.25) is 11.8 Å². The minimum absolute atomic E-state index is 0.0961. The van der Waals surface area contributed by atoms with Crippen LogP contribution in [0, 0.1) is 0 Å². The molecule has 0 bridgehead atoms. The van der Waals surface area contributed by atoms with Gasteiger partial charge in [-0.05, 0) is 30.7 Å². The number of rotatable bonds is 7. The first-order chi connectivity index (χ1) is 14.6. The van der Waals surface area contributed by atoms with E-state index in [-0.39, 0.29) is 18.2 Å². The Morgan fingerprint density at radius 1 is 1.00 bits per heavy atom. The van der Waals surface area contributed by atoms with Gasteiger partial charge < -0.3 is 4.57 Å². The first-order valence-electron chi connectivity index (χ1n) is 9.56. The lowest BCUT2D eigenvalue weighted by Crippen LogP contribution is -2.42. The minimum Gasteiger partial charge on any atom is -0.331 e. The summed E-state index contributed by atoms with van der Waals surface area (Å²) in [7, 11) is 1.87. The molecule has 0 atom stereocenters. The highest BCUT2D eigenvalue weighted by Crippen LogP contribution is 2.29. The van der Waals surface area contributed by atoms with E-state index in [0.29, 0.717) is 18.7 Å². The lowest BCUT2D eigenvalue weighted by Gasteiger charge is -2.07. The number of nitrogens with one attached hydrogen (secondary N) is 2. The number of carbonyl (C=O) groups excluding carboxylic acids is 2. The van der Waals surface area contributed by atoms with Crippen LogP contribution in [0.5, 0.6) is 0 Å². The quantitative estimate of drug-likeness (QED) is 0.262. The summed E-state index contributed by atoms with van der Waals surface area (Å²) in [6.45, 7) is 0. The van der Waals surface area contributed by atoms with Crippen molar-refractivity contribution in [2.24, 2.45) is 7.05 Å². The SMILES string of the molecule is Cn1c(CC(=O)NNC(=O)CCCSc2nc3ccccc3s2)nc2ccccc21. The maximum atomic E-state index is 12.2. The zero-order chi connectivity index (χ0) is 20.9. The van der Waals surface area contributed by atoms with Crippen molar-refractivity contribution in [1.82, 2.24) is 25.4 Å². The molecule has 0 aliphatic rings. The van der Waals surface area contributed by atoms with Crippen LogP contribution in [-0.2, 0) is 23.1 Å². The molecule has 2 amide bonds. The molecule has 0 spiro atoms. The van der Waals surface area contributed by atoms with Crippen LogP contribution in [0.1, 0.15) is 18.7 Å². The van der Waals surface area contributed by atoms with Gasteiger partial charge in [-0.15, -0.1) is 11.3 Å². The molecule has 0 fully saturated rings. The fourth-order valence-corrected chi connectivity index (χ4v) is 5.13. The largest absolute Gasteiger partial charge is 0.331 e. The van der Waals surface area contributed by atoms with E-state index in [9.17, 15) is 9.59 Å². The minimum atomic E-state index is -0.300. The van der Waals surface area contributed by atoms with Gasteiger partial charge in [-0.3, -0.25) is 20.4 Å². The summed E-state index contributed by atoms with van der Waals surface area (Å²) in [5, 5.41) is 0. The molecule has 4 rings (SSSR count). The average Bonchev–Trinajstić information content (AvgIpc) is 3.30. The van der Waals surface area contributed by atoms with E-state index in [4.69, 9.17) is 0 Å². The van der Waals surface area contributed by atoms with Gasteiger partial charge >= 0.3 is 0 Å². The number of aromatic nitrogens is 3. The zero-order valence-electron chi connectivity index (χ0n) is 16.4. The van der Waals surface area contributed by atoms with Crippen LogP contribution in [0.2, 0.25) is 0 Å². The second kappa shape index (κ2) is 9.27. The van der Waals surface area contributed by atoms with Crippen LogP contribution in [0.3, 0.4) is 0 Å². The van der Waals surface area contributed by atoms with E-state index < -0.39 is 0 Å². The smallest absolute Gasteiger partial charge is 0.245 e. The second-order valence-electron chi connectivity index (χ2n) is 6.75. The van der Waals surface area contributed by atoms with Crippen LogP contribution < -0.4 is 10.9 Å². The van der Waals surface area contributed by atoms with E-state index in [1.54, 1.807) is 23.1 Å². The first-order valence-corrected chi connectivity index (χ1v) is 11.4. The Bertz CT molecular complexity index is 1170. The number of thiazole rings is 1. The van der Waals surface area contributed by atoms with Gasteiger partial charge in [0.15, 0.2) is 4.34 Å². The second-order valence-corrected chi connectivity index (χ2v) is 9.12. The van der Waals surface area contributed by atoms with Crippen molar-refractivity contribution < 1.29 is 9.59 Å². The van der Waals surface area contributed by atoms with Gasteiger partial charge in [0, 0.05) is 19.2 Å². The van der Waals surface area contributed by atoms with E-state index in [2.05, 4.69) is 26.9 Å².